The molecule has 1 saturated heterocycles. The molecule has 36 heavy (non-hydrogen) atoms. The second-order valence-electron chi connectivity index (χ2n) is 7.00. The number of nitrogens with one attached hydrogen (secondary N) is 1. The van der Waals surface area contributed by atoms with Gasteiger partial charge >= 0.3 is 23.5 Å². The first-order valence-corrected chi connectivity index (χ1v) is 14.1. The lowest BCUT2D eigenvalue weighted by molar-refractivity contribution is -0.0438. The van der Waals surface area contributed by atoms with Crippen LogP contribution >= 0.6 is 35.7 Å². The van der Waals surface area contributed by atoms with Crippen LogP contribution in [0.4, 0.5) is 10.3 Å². The molecule has 0 bridgehead atoms. The number of imidazole rings is 1. The second-order valence-corrected chi connectivity index (χ2v) is 11.8. The third kappa shape index (κ3) is 6.42. The lowest BCUT2D eigenvalue weighted by Gasteiger charge is -2.27. The van der Waals surface area contributed by atoms with Crippen LogP contribution in [0.2, 0.25) is 0 Å². The van der Waals surface area contributed by atoms with Gasteiger partial charge in [0.2, 0.25) is 0 Å². The molecule has 0 aromatic carbocycles. The molecule has 3 unspecified atom stereocenters. The Bertz CT molecular complexity index is 1420. The van der Waals surface area contributed by atoms with Crippen LogP contribution < -0.4 is 11.5 Å². The van der Waals surface area contributed by atoms with Gasteiger partial charge in [-0.15, -0.1) is 0 Å². The second kappa shape index (κ2) is 10.3. The highest BCUT2D eigenvalue weighted by molar-refractivity contribution is 7.71. The van der Waals surface area contributed by atoms with E-state index in [9.17, 15) is 33.0 Å². The zero-order valence-corrected chi connectivity index (χ0v) is 20.9. The van der Waals surface area contributed by atoms with Crippen LogP contribution in [0.15, 0.2) is 6.33 Å². The standard InChI is InChI=1S/C13H18FN6O12P3S/c14-3-1-2-13(16)8(21)6(4-29-34(25,26)32-35(27,28)31-33(22,23)24)30-11(13)20-5-17-7-9(20)18-12(15)19-10(7)36/h5-6,8,11,21H,3-4,16H2,(H,25,26)(H,27,28)(H2,22,23,24)(H3,15,18,19,36)/t6-,8+,11-,13?/m1/s1. The van der Waals surface area contributed by atoms with Gasteiger partial charge < -0.3 is 45.9 Å². The van der Waals surface area contributed by atoms with E-state index in [-0.39, 0.29) is 21.8 Å². The molecular formula is C13H18FN6O12P3S. The Balaban J connectivity index is 1.89. The van der Waals surface area contributed by atoms with Gasteiger partial charge in [-0.25, -0.2) is 28.1 Å². The lowest BCUT2D eigenvalue weighted by atomic mass is 9.91. The van der Waals surface area contributed by atoms with E-state index >= 15 is 0 Å². The maximum atomic E-state index is 12.8. The van der Waals surface area contributed by atoms with Gasteiger partial charge in [-0.05, 0) is 0 Å². The quantitative estimate of drug-likeness (QED) is 0.107. The summed E-state index contributed by atoms with van der Waals surface area (Å²) in [6, 6.07) is 0. The third-order valence-corrected chi connectivity index (χ3v) is 8.55. The highest BCUT2D eigenvalue weighted by atomic mass is 32.1. The molecule has 3 heterocycles. The van der Waals surface area contributed by atoms with Crippen molar-refractivity contribution in [2.75, 3.05) is 19.0 Å². The normalized spacial score (nSPS) is 27.8. The summed E-state index contributed by atoms with van der Waals surface area (Å²) < 4.78 is 65.6. The summed E-state index contributed by atoms with van der Waals surface area (Å²) in [5.41, 5.74) is 10.1. The number of rotatable bonds is 8. The Morgan fingerprint density at radius 3 is 2.56 bits per heavy atom. The van der Waals surface area contributed by atoms with Gasteiger partial charge in [-0.2, -0.15) is 8.62 Å². The zero-order chi connectivity index (χ0) is 27.1. The molecule has 0 saturated carbocycles. The van der Waals surface area contributed by atoms with Crippen LogP contribution in [0.25, 0.3) is 11.2 Å². The Kier molecular flexibility index (Phi) is 8.23. The summed E-state index contributed by atoms with van der Waals surface area (Å²) in [5, 5.41) is 10.8. The summed E-state index contributed by atoms with van der Waals surface area (Å²) >= 11 is 5.08. The predicted octanol–water partition coefficient (Wildman–Crippen LogP) is -0.657. The van der Waals surface area contributed by atoms with Crippen molar-refractivity contribution in [1.29, 1.82) is 0 Å². The van der Waals surface area contributed by atoms with E-state index in [0.29, 0.717) is 0 Å². The molecule has 0 aliphatic carbocycles. The van der Waals surface area contributed by atoms with E-state index < -0.39 is 60.7 Å². The van der Waals surface area contributed by atoms with Crippen molar-refractivity contribution in [2.45, 2.75) is 24.0 Å². The largest absolute Gasteiger partial charge is 0.490 e. The van der Waals surface area contributed by atoms with Crippen LogP contribution in [0.3, 0.4) is 0 Å². The summed E-state index contributed by atoms with van der Waals surface area (Å²) in [6.07, 6.45) is -3.73. The fraction of sp³-hybridized carbons (Fsp3) is 0.462. The van der Waals surface area contributed by atoms with Crippen LogP contribution in [-0.2, 0) is 31.6 Å². The third-order valence-electron chi connectivity index (χ3n) is 4.46. The number of anilines is 1. The van der Waals surface area contributed by atoms with E-state index in [1.807, 2.05) is 0 Å². The molecule has 0 amide bonds. The van der Waals surface area contributed by atoms with Crippen molar-refractivity contribution in [1.82, 2.24) is 19.5 Å². The number of hydrogen-bond donors (Lipinski definition) is 8. The maximum absolute atomic E-state index is 12.8. The van der Waals surface area contributed by atoms with Gasteiger partial charge in [0, 0.05) is 0 Å². The Morgan fingerprint density at radius 1 is 1.28 bits per heavy atom. The average Bonchev–Trinajstić information content (AvgIpc) is 3.22. The van der Waals surface area contributed by atoms with Crippen molar-refractivity contribution in [3.8, 4) is 11.8 Å². The fourth-order valence-electron chi connectivity index (χ4n) is 3.16. The number of aliphatic hydroxyl groups excluding tert-OH is 1. The zero-order valence-electron chi connectivity index (χ0n) is 17.4. The van der Waals surface area contributed by atoms with Crippen LogP contribution in [0.1, 0.15) is 6.23 Å². The minimum Gasteiger partial charge on any atom is -0.387 e. The molecule has 0 spiro atoms. The number of phosphoric ester groups is 1. The van der Waals surface area contributed by atoms with E-state index in [1.54, 1.807) is 0 Å². The molecule has 1 aliphatic rings. The number of nitrogens with zero attached hydrogens (tertiary/aromatic N) is 3. The monoisotopic (exact) mass is 594 g/mol. The van der Waals surface area contributed by atoms with Crippen molar-refractivity contribution in [2.24, 2.45) is 5.73 Å². The van der Waals surface area contributed by atoms with Crippen LogP contribution in [0, 0.1) is 16.5 Å². The van der Waals surface area contributed by atoms with Gasteiger partial charge in [0.05, 0.1) is 12.9 Å². The molecule has 1 fully saturated rings. The number of fused-ring (bicyclic) bond motifs is 1. The number of alkyl halides is 1. The molecule has 18 nitrogen and oxygen atoms in total. The first kappa shape index (κ1) is 28.9. The summed E-state index contributed by atoms with van der Waals surface area (Å²) in [4.78, 5) is 46.6. The van der Waals surface area contributed by atoms with Crippen molar-refractivity contribution < 1.29 is 60.6 Å². The summed E-state index contributed by atoms with van der Waals surface area (Å²) in [5.74, 6) is 4.25. The molecule has 2 aromatic rings. The van der Waals surface area contributed by atoms with Crippen molar-refractivity contribution in [3.05, 3.63) is 11.0 Å². The number of aromatic amines is 1. The fourth-order valence-corrected chi connectivity index (χ4v) is 6.43. The summed E-state index contributed by atoms with van der Waals surface area (Å²) in [6.45, 7) is -2.21. The molecule has 3 rings (SSSR count). The molecule has 23 heteroatoms. The Labute approximate surface area is 204 Å². The summed E-state index contributed by atoms with van der Waals surface area (Å²) in [7, 11) is -16.9. The minimum absolute atomic E-state index is 0.000202. The minimum atomic E-state index is -5.78. The molecule has 6 atom stereocenters. The molecule has 0 radical (unpaired) electrons. The van der Waals surface area contributed by atoms with Crippen molar-refractivity contribution in [3.63, 3.8) is 0 Å². The number of aromatic nitrogens is 4. The highest BCUT2D eigenvalue weighted by Crippen LogP contribution is 2.66. The number of nitrogens with two attached hydrogens (primary N) is 2. The first-order chi connectivity index (χ1) is 16.5. The molecule has 2 aromatic heterocycles. The predicted molar refractivity (Wildman–Crippen MR) is 118 cm³/mol. The molecule has 1 aliphatic heterocycles. The smallest absolute Gasteiger partial charge is 0.387 e. The van der Waals surface area contributed by atoms with E-state index in [1.165, 1.54) is 10.9 Å². The average molecular weight is 594 g/mol. The topological polar surface area (TPSA) is 288 Å². The van der Waals surface area contributed by atoms with E-state index in [2.05, 4.69) is 39.9 Å². The van der Waals surface area contributed by atoms with Crippen LogP contribution in [0.5, 0.6) is 0 Å². The number of phosphoric acid groups is 3. The maximum Gasteiger partial charge on any atom is 0.490 e. The Morgan fingerprint density at radius 2 is 1.94 bits per heavy atom. The van der Waals surface area contributed by atoms with Crippen molar-refractivity contribution >= 4 is 52.8 Å². The van der Waals surface area contributed by atoms with E-state index in [0.717, 1.165) is 0 Å². The highest BCUT2D eigenvalue weighted by Gasteiger charge is 2.55. The molecule has 10 N–H and O–H groups in total. The number of hydrogen-bond acceptors (Lipinski definition) is 13. The lowest BCUT2D eigenvalue weighted by Crippen LogP contribution is -2.53. The van der Waals surface area contributed by atoms with Gasteiger partial charge in [-0.1, -0.05) is 24.1 Å². The Hall–Kier alpha value is -1.65. The molecule has 200 valence electrons. The first-order valence-electron chi connectivity index (χ1n) is 9.17. The van der Waals surface area contributed by atoms with Gasteiger partial charge in [0.15, 0.2) is 22.4 Å². The number of nitrogen functional groups attached to an aromatic ring is 1. The van der Waals surface area contributed by atoms with Gasteiger partial charge in [0.1, 0.15) is 30.0 Å². The SMILES string of the molecule is Nc1nc(=S)c2ncn([C@@H]3O[C@H](COP(=O)(O)OP(=O)(O)OP(=O)(O)O)[C@H](O)C3(N)C#CCF)c2[nH]1. The van der Waals surface area contributed by atoms with Crippen LogP contribution in [-0.4, -0.2) is 75.2 Å². The molecular weight excluding hydrogens is 576 g/mol. The number of H-pyrrole nitrogens is 1. The number of halogens is 1. The van der Waals surface area contributed by atoms with Gasteiger partial charge in [0.25, 0.3) is 0 Å². The van der Waals surface area contributed by atoms with Gasteiger partial charge in [-0.3, -0.25) is 9.09 Å². The number of ether oxygens (including phenoxy) is 1. The number of aliphatic hydroxyl groups is 1. The van der Waals surface area contributed by atoms with E-state index in [4.69, 9.17) is 38.2 Å².